The number of anilines is 2. The molecule has 116 valence electrons. The van der Waals surface area contributed by atoms with Gasteiger partial charge >= 0.3 is 0 Å². The maximum Gasteiger partial charge on any atom is 0.226 e. The van der Waals surface area contributed by atoms with E-state index in [0.717, 1.165) is 12.1 Å². The van der Waals surface area contributed by atoms with Crippen molar-refractivity contribution in [3.63, 3.8) is 0 Å². The van der Waals surface area contributed by atoms with Gasteiger partial charge in [0.1, 0.15) is 0 Å². The van der Waals surface area contributed by atoms with Crippen LogP contribution >= 0.6 is 23.2 Å². The molecule has 0 aliphatic rings. The molecule has 2 N–H and O–H groups in total. The monoisotopic (exact) mass is 336 g/mol. The number of amides is 1. The number of benzene rings is 2. The first kappa shape index (κ1) is 16.7. The van der Waals surface area contributed by atoms with E-state index in [1.807, 2.05) is 18.2 Å². The molecule has 0 aromatic heterocycles. The van der Waals surface area contributed by atoms with E-state index >= 15 is 0 Å². The molecule has 0 bridgehead atoms. The van der Waals surface area contributed by atoms with E-state index in [0.29, 0.717) is 28.7 Å². The molecule has 0 spiro atoms. The topological polar surface area (TPSA) is 41.1 Å². The minimum Gasteiger partial charge on any atom is -0.384 e. The Kier molecular flexibility index (Phi) is 6.10. The average Bonchev–Trinajstić information content (AvgIpc) is 2.51. The molecule has 2 aromatic carbocycles. The normalized spacial score (nSPS) is 10.3. The first-order valence-electron chi connectivity index (χ1n) is 7.17. The fraction of sp³-hybridized carbons (Fsp3) is 0.235. The highest BCUT2D eigenvalue weighted by atomic mass is 35.5. The number of hydrogen-bond acceptors (Lipinski definition) is 2. The average molecular weight is 337 g/mol. The lowest BCUT2D eigenvalue weighted by molar-refractivity contribution is -0.115. The van der Waals surface area contributed by atoms with Gasteiger partial charge in [-0.15, -0.1) is 0 Å². The van der Waals surface area contributed by atoms with E-state index < -0.39 is 0 Å². The molecule has 2 aromatic rings. The maximum absolute atomic E-state index is 12.0. The highest BCUT2D eigenvalue weighted by Crippen LogP contribution is 2.25. The molecule has 1 amide bonds. The van der Waals surface area contributed by atoms with Crippen molar-refractivity contribution in [3.8, 4) is 0 Å². The second-order valence-electron chi connectivity index (χ2n) is 4.86. The summed E-state index contributed by atoms with van der Waals surface area (Å²) in [5.74, 6) is -0.106. The van der Waals surface area contributed by atoms with Crippen molar-refractivity contribution < 1.29 is 4.79 Å². The van der Waals surface area contributed by atoms with Crippen LogP contribution in [0.2, 0.25) is 10.0 Å². The van der Waals surface area contributed by atoms with Crippen LogP contribution in [-0.2, 0) is 11.2 Å². The predicted octanol–water partition coefficient (Wildman–Crippen LogP) is 5.00. The van der Waals surface area contributed by atoms with Gasteiger partial charge in [-0.1, -0.05) is 48.3 Å². The third-order valence-corrected chi connectivity index (χ3v) is 3.83. The Bertz CT molecular complexity index is 659. The minimum atomic E-state index is -0.106. The summed E-state index contributed by atoms with van der Waals surface area (Å²) in [6, 6.07) is 13.1. The molecule has 0 heterocycles. The van der Waals surface area contributed by atoms with Gasteiger partial charge in [-0.25, -0.2) is 0 Å². The van der Waals surface area contributed by atoms with Crippen LogP contribution in [0.1, 0.15) is 18.9 Å². The Morgan fingerprint density at radius 3 is 2.64 bits per heavy atom. The van der Waals surface area contributed by atoms with Crippen LogP contribution < -0.4 is 10.6 Å². The molecule has 0 saturated heterocycles. The number of para-hydroxylation sites is 1. The molecule has 0 unspecified atom stereocenters. The van der Waals surface area contributed by atoms with Gasteiger partial charge in [0.05, 0.1) is 10.7 Å². The van der Waals surface area contributed by atoms with Crippen molar-refractivity contribution in [1.29, 1.82) is 0 Å². The van der Waals surface area contributed by atoms with Crippen molar-refractivity contribution in [3.05, 3.63) is 58.1 Å². The van der Waals surface area contributed by atoms with Crippen LogP contribution in [-0.4, -0.2) is 12.5 Å². The van der Waals surface area contributed by atoms with Gasteiger partial charge in [0.2, 0.25) is 5.91 Å². The fourth-order valence-corrected chi connectivity index (χ4v) is 2.45. The molecule has 5 heteroatoms. The number of carbonyl (C=O) groups excluding carboxylic acids is 1. The van der Waals surface area contributed by atoms with Gasteiger partial charge in [-0.05, 0) is 36.2 Å². The molecule has 0 saturated carbocycles. The van der Waals surface area contributed by atoms with Gasteiger partial charge in [0.15, 0.2) is 0 Å². The third kappa shape index (κ3) is 4.65. The summed E-state index contributed by atoms with van der Waals surface area (Å²) in [4.78, 5) is 12.0. The van der Waals surface area contributed by atoms with Crippen molar-refractivity contribution in [2.24, 2.45) is 0 Å². The summed E-state index contributed by atoms with van der Waals surface area (Å²) in [7, 11) is 0. The van der Waals surface area contributed by atoms with Gasteiger partial charge in [0.25, 0.3) is 0 Å². The van der Waals surface area contributed by atoms with Crippen LogP contribution in [0.25, 0.3) is 0 Å². The van der Waals surface area contributed by atoms with Crippen molar-refractivity contribution >= 4 is 40.5 Å². The zero-order valence-electron chi connectivity index (χ0n) is 12.3. The predicted molar refractivity (Wildman–Crippen MR) is 94.0 cm³/mol. The summed E-state index contributed by atoms with van der Waals surface area (Å²) >= 11 is 11.9. The Hall–Kier alpha value is -1.71. The largest absolute Gasteiger partial charge is 0.384 e. The van der Waals surface area contributed by atoms with E-state index in [1.165, 1.54) is 5.56 Å². The Morgan fingerprint density at radius 1 is 1.09 bits per heavy atom. The van der Waals surface area contributed by atoms with Crippen LogP contribution in [0, 0.1) is 0 Å². The van der Waals surface area contributed by atoms with E-state index in [9.17, 15) is 4.79 Å². The number of halogens is 2. The van der Waals surface area contributed by atoms with Gasteiger partial charge in [-0.2, -0.15) is 0 Å². The molecule has 0 aliphatic heterocycles. The molecular formula is C17H18Cl2N2O. The number of aryl methyl sites for hydroxylation is 1. The lowest BCUT2D eigenvalue weighted by atomic mass is 10.1. The van der Waals surface area contributed by atoms with Crippen LogP contribution in [0.3, 0.4) is 0 Å². The van der Waals surface area contributed by atoms with Gasteiger partial charge in [0, 0.05) is 23.7 Å². The maximum atomic E-state index is 12.0. The summed E-state index contributed by atoms with van der Waals surface area (Å²) in [6.45, 7) is 2.66. The SMILES string of the molecule is CCc1ccccc1NCCC(=O)Nc1cc(Cl)ccc1Cl. The van der Waals surface area contributed by atoms with E-state index in [-0.39, 0.29) is 5.91 Å². The van der Waals surface area contributed by atoms with Crippen molar-refractivity contribution in [1.82, 2.24) is 0 Å². The first-order valence-corrected chi connectivity index (χ1v) is 7.92. The molecule has 3 nitrogen and oxygen atoms in total. The number of rotatable bonds is 6. The highest BCUT2D eigenvalue weighted by Gasteiger charge is 2.07. The van der Waals surface area contributed by atoms with Crippen LogP contribution in [0.5, 0.6) is 0 Å². The van der Waals surface area contributed by atoms with Crippen molar-refractivity contribution in [2.45, 2.75) is 19.8 Å². The molecule has 22 heavy (non-hydrogen) atoms. The lowest BCUT2D eigenvalue weighted by Gasteiger charge is -2.11. The summed E-state index contributed by atoms with van der Waals surface area (Å²) in [6.07, 6.45) is 1.30. The van der Waals surface area contributed by atoms with Crippen LogP contribution in [0.4, 0.5) is 11.4 Å². The quantitative estimate of drug-likeness (QED) is 0.779. The zero-order chi connectivity index (χ0) is 15.9. The fourth-order valence-electron chi connectivity index (χ4n) is 2.12. The highest BCUT2D eigenvalue weighted by molar-refractivity contribution is 6.35. The molecule has 2 rings (SSSR count). The smallest absolute Gasteiger partial charge is 0.226 e. The number of carbonyl (C=O) groups is 1. The van der Waals surface area contributed by atoms with Crippen LogP contribution in [0.15, 0.2) is 42.5 Å². The summed E-state index contributed by atoms with van der Waals surface area (Å²) in [5.41, 5.74) is 2.84. The Morgan fingerprint density at radius 2 is 1.86 bits per heavy atom. The van der Waals surface area contributed by atoms with E-state index in [2.05, 4.69) is 23.6 Å². The standard InChI is InChI=1S/C17H18Cl2N2O/c1-2-12-5-3-4-6-15(12)20-10-9-17(22)21-16-11-13(18)7-8-14(16)19/h3-8,11,20H,2,9-10H2,1H3,(H,21,22). The first-order chi connectivity index (χ1) is 10.6. The zero-order valence-corrected chi connectivity index (χ0v) is 13.8. The van der Waals surface area contributed by atoms with Gasteiger partial charge in [-0.3, -0.25) is 4.79 Å². The van der Waals surface area contributed by atoms with Crippen molar-refractivity contribution in [2.75, 3.05) is 17.2 Å². The molecular weight excluding hydrogens is 319 g/mol. The second-order valence-corrected chi connectivity index (χ2v) is 5.70. The Labute approximate surface area is 140 Å². The molecule has 0 radical (unpaired) electrons. The number of hydrogen-bond donors (Lipinski definition) is 2. The molecule has 0 aliphatic carbocycles. The number of nitrogens with one attached hydrogen (secondary N) is 2. The molecule has 0 atom stereocenters. The molecule has 0 fully saturated rings. The second kappa shape index (κ2) is 8.06. The Balaban J connectivity index is 1.87. The third-order valence-electron chi connectivity index (χ3n) is 3.27. The summed E-state index contributed by atoms with van der Waals surface area (Å²) < 4.78 is 0. The summed E-state index contributed by atoms with van der Waals surface area (Å²) in [5, 5.41) is 7.07. The minimum absolute atomic E-state index is 0.106. The van der Waals surface area contributed by atoms with E-state index in [4.69, 9.17) is 23.2 Å². The van der Waals surface area contributed by atoms with Gasteiger partial charge < -0.3 is 10.6 Å². The lowest BCUT2D eigenvalue weighted by Crippen LogP contribution is -2.16. The van der Waals surface area contributed by atoms with E-state index in [1.54, 1.807) is 18.2 Å².